The Kier molecular flexibility index (Phi) is 5.18. The molecule has 0 radical (unpaired) electrons. The summed E-state index contributed by atoms with van der Waals surface area (Å²) in [5.74, 6) is 0. The zero-order valence-electron chi connectivity index (χ0n) is 10.6. The third-order valence-electron chi connectivity index (χ3n) is 3.12. The summed E-state index contributed by atoms with van der Waals surface area (Å²) in [5, 5.41) is 0.979. The first-order valence-corrected chi connectivity index (χ1v) is 6.96. The van der Waals surface area contributed by atoms with E-state index in [9.17, 15) is 13.2 Å². The molecule has 1 atom stereocenters. The minimum absolute atomic E-state index is 0.0162. The van der Waals surface area contributed by atoms with Gasteiger partial charge in [-0.3, -0.25) is 4.90 Å². The lowest BCUT2D eigenvalue weighted by molar-refractivity contribution is -0.142. The first kappa shape index (κ1) is 15.9. The lowest BCUT2D eigenvalue weighted by atomic mass is 10.1. The van der Waals surface area contributed by atoms with Crippen molar-refractivity contribution in [2.75, 3.05) is 26.2 Å². The van der Waals surface area contributed by atoms with Gasteiger partial charge in [0, 0.05) is 29.7 Å². The molecule has 0 spiro atoms. The SMILES string of the molecule is FC(F)(F)CCN1CCO[C@H](c2cc(Cl)cc(Cl)c2)C1. The predicted octanol–water partition coefficient (Wildman–Crippen LogP) is 4.32. The van der Waals surface area contributed by atoms with E-state index in [1.165, 1.54) is 0 Å². The Morgan fingerprint density at radius 2 is 1.85 bits per heavy atom. The summed E-state index contributed by atoms with van der Waals surface area (Å²) in [6, 6.07) is 5.06. The fraction of sp³-hybridized carbons (Fsp3) is 0.538. The first-order chi connectivity index (χ1) is 9.33. The molecule has 1 heterocycles. The molecule has 1 aromatic rings. The predicted molar refractivity (Wildman–Crippen MR) is 72.3 cm³/mol. The van der Waals surface area contributed by atoms with Gasteiger partial charge in [0.1, 0.15) is 0 Å². The van der Waals surface area contributed by atoms with Crippen molar-refractivity contribution >= 4 is 23.2 Å². The molecule has 0 aromatic heterocycles. The summed E-state index contributed by atoms with van der Waals surface area (Å²) < 4.78 is 42.3. The van der Waals surface area contributed by atoms with Crippen LogP contribution in [0, 0.1) is 0 Å². The molecular weight excluding hydrogens is 314 g/mol. The van der Waals surface area contributed by atoms with E-state index in [1.54, 1.807) is 23.1 Å². The van der Waals surface area contributed by atoms with Crippen molar-refractivity contribution < 1.29 is 17.9 Å². The van der Waals surface area contributed by atoms with Gasteiger partial charge in [-0.05, 0) is 23.8 Å². The van der Waals surface area contributed by atoms with E-state index in [1.807, 2.05) is 0 Å². The second-order valence-electron chi connectivity index (χ2n) is 4.73. The Bertz CT molecular complexity index is 447. The maximum atomic E-state index is 12.2. The Morgan fingerprint density at radius 3 is 2.45 bits per heavy atom. The Balaban J connectivity index is 1.99. The smallest absolute Gasteiger partial charge is 0.371 e. The van der Waals surface area contributed by atoms with Gasteiger partial charge in [-0.25, -0.2) is 0 Å². The van der Waals surface area contributed by atoms with Crippen molar-refractivity contribution in [3.63, 3.8) is 0 Å². The van der Waals surface area contributed by atoms with Crippen LogP contribution in [0.2, 0.25) is 10.0 Å². The van der Waals surface area contributed by atoms with Gasteiger partial charge < -0.3 is 4.74 Å². The topological polar surface area (TPSA) is 12.5 Å². The monoisotopic (exact) mass is 327 g/mol. The standard InChI is InChI=1S/C13H14Cl2F3NO/c14-10-5-9(6-11(15)7-10)12-8-19(3-4-20-12)2-1-13(16,17)18/h5-7,12H,1-4,8H2/t12-/m0/s1. The molecule has 0 bridgehead atoms. The second kappa shape index (κ2) is 6.52. The molecule has 1 saturated heterocycles. The van der Waals surface area contributed by atoms with Crippen molar-refractivity contribution in [1.82, 2.24) is 4.90 Å². The van der Waals surface area contributed by atoms with Gasteiger partial charge in [-0.15, -0.1) is 0 Å². The van der Waals surface area contributed by atoms with Crippen molar-refractivity contribution in [1.29, 1.82) is 0 Å². The fourth-order valence-corrected chi connectivity index (χ4v) is 2.70. The van der Waals surface area contributed by atoms with Gasteiger partial charge in [0.25, 0.3) is 0 Å². The van der Waals surface area contributed by atoms with Crippen LogP contribution in [0.15, 0.2) is 18.2 Å². The molecule has 1 aliphatic rings. The van der Waals surface area contributed by atoms with Crippen LogP contribution < -0.4 is 0 Å². The Morgan fingerprint density at radius 1 is 1.20 bits per heavy atom. The second-order valence-corrected chi connectivity index (χ2v) is 5.60. The molecule has 20 heavy (non-hydrogen) atoms. The quantitative estimate of drug-likeness (QED) is 0.819. The Labute approximate surface area is 125 Å². The lowest BCUT2D eigenvalue weighted by Gasteiger charge is -2.33. The molecule has 0 saturated carbocycles. The molecule has 0 unspecified atom stereocenters. The minimum atomic E-state index is -4.13. The van der Waals surface area contributed by atoms with E-state index >= 15 is 0 Å². The summed E-state index contributed by atoms with van der Waals surface area (Å²) in [6.45, 7) is 1.29. The van der Waals surface area contributed by atoms with Crippen LogP contribution in [-0.4, -0.2) is 37.3 Å². The van der Waals surface area contributed by atoms with Crippen LogP contribution in [-0.2, 0) is 4.74 Å². The number of rotatable bonds is 3. The van der Waals surface area contributed by atoms with Crippen molar-refractivity contribution in [3.8, 4) is 0 Å². The van der Waals surface area contributed by atoms with E-state index in [-0.39, 0.29) is 12.6 Å². The summed E-state index contributed by atoms with van der Waals surface area (Å²) >= 11 is 11.8. The van der Waals surface area contributed by atoms with Gasteiger partial charge in [-0.2, -0.15) is 13.2 Å². The van der Waals surface area contributed by atoms with Crippen LogP contribution in [0.25, 0.3) is 0 Å². The maximum absolute atomic E-state index is 12.2. The molecule has 0 amide bonds. The average Bonchev–Trinajstić information content (AvgIpc) is 2.35. The van der Waals surface area contributed by atoms with Crippen LogP contribution in [0.3, 0.4) is 0 Å². The highest BCUT2D eigenvalue weighted by atomic mass is 35.5. The number of halogens is 5. The normalized spacial score (nSPS) is 21.1. The molecule has 1 aromatic carbocycles. The van der Waals surface area contributed by atoms with Crippen LogP contribution in [0.5, 0.6) is 0 Å². The maximum Gasteiger partial charge on any atom is 0.390 e. The van der Waals surface area contributed by atoms with Gasteiger partial charge >= 0.3 is 6.18 Å². The molecule has 1 aliphatic heterocycles. The summed E-state index contributed by atoms with van der Waals surface area (Å²) in [6.07, 6.45) is -5.24. The molecular formula is C13H14Cl2F3NO. The van der Waals surface area contributed by atoms with E-state index in [4.69, 9.17) is 27.9 Å². The number of morpholine rings is 1. The van der Waals surface area contributed by atoms with Gasteiger partial charge in [0.15, 0.2) is 0 Å². The minimum Gasteiger partial charge on any atom is -0.371 e. The van der Waals surface area contributed by atoms with E-state index in [0.717, 1.165) is 5.56 Å². The Hall–Kier alpha value is -0.490. The zero-order valence-corrected chi connectivity index (χ0v) is 12.1. The van der Waals surface area contributed by atoms with E-state index in [2.05, 4.69) is 0 Å². The van der Waals surface area contributed by atoms with Gasteiger partial charge in [0.2, 0.25) is 0 Å². The highest BCUT2D eigenvalue weighted by Crippen LogP contribution is 2.29. The summed E-state index contributed by atoms with van der Waals surface area (Å²) in [7, 11) is 0. The molecule has 7 heteroatoms. The number of alkyl halides is 3. The number of ether oxygens (including phenoxy) is 1. The summed E-state index contributed by atoms with van der Waals surface area (Å²) in [4.78, 5) is 1.75. The van der Waals surface area contributed by atoms with Crippen molar-refractivity contribution in [3.05, 3.63) is 33.8 Å². The zero-order chi connectivity index (χ0) is 14.8. The van der Waals surface area contributed by atoms with E-state index in [0.29, 0.717) is 29.7 Å². The molecule has 0 N–H and O–H groups in total. The molecule has 0 aliphatic carbocycles. The van der Waals surface area contributed by atoms with Crippen LogP contribution in [0.4, 0.5) is 13.2 Å². The third kappa shape index (κ3) is 4.81. The third-order valence-corrected chi connectivity index (χ3v) is 3.56. The first-order valence-electron chi connectivity index (χ1n) is 6.20. The molecule has 1 fully saturated rings. The molecule has 2 rings (SSSR count). The fourth-order valence-electron chi connectivity index (χ4n) is 2.15. The average molecular weight is 328 g/mol. The van der Waals surface area contributed by atoms with Crippen LogP contribution >= 0.6 is 23.2 Å². The lowest BCUT2D eigenvalue weighted by Crippen LogP contribution is -2.40. The number of hydrogen-bond donors (Lipinski definition) is 0. The highest BCUT2D eigenvalue weighted by molar-refractivity contribution is 6.34. The van der Waals surface area contributed by atoms with Gasteiger partial charge in [0.05, 0.1) is 19.1 Å². The number of hydrogen-bond acceptors (Lipinski definition) is 2. The van der Waals surface area contributed by atoms with Crippen molar-refractivity contribution in [2.45, 2.75) is 18.7 Å². The van der Waals surface area contributed by atoms with Gasteiger partial charge in [-0.1, -0.05) is 23.2 Å². The summed E-state index contributed by atoms with van der Waals surface area (Å²) in [5.41, 5.74) is 0.791. The molecule has 112 valence electrons. The van der Waals surface area contributed by atoms with E-state index < -0.39 is 12.6 Å². The largest absolute Gasteiger partial charge is 0.390 e. The highest BCUT2D eigenvalue weighted by Gasteiger charge is 2.30. The van der Waals surface area contributed by atoms with Crippen molar-refractivity contribution in [2.24, 2.45) is 0 Å². The van der Waals surface area contributed by atoms with Crippen LogP contribution in [0.1, 0.15) is 18.1 Å². The number of nitrogens with zero attached hydrogens (tertiary/aromatic N) is 1. The number of benzene rings is 1. The molecule has 2 nitrogen and oxygen atoms in total.